The molecule has 0 atom stereocenters. The first-order valence-electron chi connectivity index (χ1n) is 6.86. The van der Waals surface area contributed by atoms with Crippen molar-refractivity contribution in [3.05, 3.63) is 47.5 Å². The van der Waals surface area contributed by atoms with Gasteiger partial charge in [0.15, 0.2) is 23.0 Å². The van der Waals surface area contributed by atoms with Crippen molar-refractivity contribution in [1.29, 1.82) is 0 Å². The lowest BCUT2D eigenvalue weighted by molar-refractivity contribution is 0.173. The Balaban J connectivity index is 1.44. The van der Waals surface area contributed by atoms with Crippen LogP contribution in [0.15, 0.2) is 36.4 Å². The number of hydrogen-bond donors (Lipinski definition) is 1. The average molecular weight is 315 g/mol. The highest BCUT2D eigenvalue weighted by Gasteiger charge is 2.15. The van der Waals surface area contributed by atoms with Gasteiger partial charge in [0.2, 0.25) is 13.6 Å². The van der Waals surface area contributed by atoms with Crippen molar-refractivity contribution in [2.24, 2.45) is 0 Å². The summed E-state index contributed by atoms with van der Waals surface area (Å²) in [7, 11) is 0. The van der Waals surface area contributed by atoms with Crippen molar-refractivity contribution in [3.63, 3.8) is 0 Å². The number of fused-ring (bicyclic) bond motifs is 2. The van der Waals surface area contributed by atoms with Crippen LogP contribution in [0, 0.1) is 0 Å². The van der Waals surface area contributed by atoms with Crippen molar-refractivity contribution in [2.45, 2.75) is 6.54 Å². The highest BCUT2D eigenvalue weighted by Crippen LogP contribution is 2.33. The molecule has 0 unspecified atom stereocenters. The molecule has 0 saturated heterocycles. The highest BCUT2D eigenvalue weighted by atomic mass is 32.1. The van der Waals surface area contributed by atoms with E-state index in [2.05, 4.69) is 5.32 Å². The van der Waals surface area contributed by atoms with Gasteiger partial charge >= 0.3 is 0 Å². The molecule has 1 N–H and O–H groups in total. The first kappa shape index (κ1) is 13.2. The maximum Gasteiger partial charge on any atom is 0.231 e. The molecule has 2 aliphatic heterocycles. The normalized spacial score (nSPS) is 14.0. The van der Waals surface area contributed by atoms with Crippen molar-refractivity contribution < 1.29 is 18.9 Å². The van der Waals surface area contributed by atoms with E-state index < -0.39 is 0 Å². The standard InChI is InChI=1S/C16H13NO4S/c22-16(11-2-4-13-15(6-11)21-9-19-13)17-7-10-1-3-12-14(5-10)20-8-18-12/h1-6H,7-9H2,(H,17,22). The minimum atomic E-state index is 0.260. The molecule has 0 bridgehead atoms. The van der Waals surface area contributed by atoms with E-state index >= 15 is 0 Å². The van der Waals surface area contributed by atoms with Crippen molar-refractivity contribution in [1.82, 2.24) is 5.32 Å². The van der Waals surface area contributed by atoms with Gasteiger partial charge in [0.1, 0.15) is 4.99 Å². The van der Waals surface area contributed by atoms with Gasteiger partial charge < -0.3 is 24.3 Å². The Morgan fingerprint density at radius 1 is 0.864 bits per heavy atom. The van der Waals surface area contributed by atoms with E-state index in [1.807, 2.05) is 36.4 Å². The third kappa shape index (κ3) is 2.42. The fourth-order valence-corrected chi connectivity index (χ4v) is 2.57. The second kappa shape index (κ2) is 5.38. The SMILES string of the molecule is S=C(NCc1ccc2c(c1)OCO2)c1ccc2c(c1)OCO2. The van der Waals surface area contributed by atoms with Crippen LogP contribution in [-0.4, -0.2) is 18.6 Å². The van der Waals surface area contributed by atoms with E-state index in [-0.39, 0.29) is 13.6 Å². The smallest absolute Gasteiger partial charge is 0.231 e. The van der Waals surface area contributed by atoms with Crippen LogP contribution in [0.4, 0.5) is 0 Å². The molecule has 22 heavy (non-hydrogen) atoms. The van der Waals surface area contributed by atoms with E-state index in [9.17, 15) is 0 Å². The molecule has 0 aromatic heterocycles. The lowest BCUT2D eigenvalue weighted by Crippen LogP contribution is -2.21. The maximum absolute atomic E-state index is 5.43. The summed E-state index contributed by atoms with van der Waals surface area (Å²) < 4.78 is 21.3. The predicted octanol–water partition coefficient (Wildman–Crippen LogP) is 2.61. The van der Waals surface area contributed by atoms with Crippen LogP contribution >= 0.6 is 12.2 Å². The Bertz CT molecular complexity index is 747. The fourth-order valence-electron chi connectivity index (χ4n) is 2.37. The van der Waals surface area contributed by atoms with Gasteiger partial charge in [0.05, 0.1) is 0 Å². The number of rotatable bonds is 3. The van der Waals surface area contributed by atoms with Crippen LogP contribution < -0.4 is 24.3 Å². The predicted molar refractivity (Wildman–Crippen MR) is 83.7 cm³/mol. The maximum atomic E-state index is 5.43. The summed E-state index contributed by atoms with van der Waals surface area (Å²) in [5, 5.41) is 3.24. The monoisotopic (exact) mass is 315 g/mol. The van der Waals surface area contributed by atoms with E-state index in [1.54, 1.807) is 0 Å². The second-order valence-corrected chi connectivity index (χ2v) is 5.35. The molecule has 0 aliphatic carbocycles. The highest BCUT2D eigenvalue weighted by molar-refractivity contribution is 7.80. The molecule has 4 rings (SSSR count). The zero-order chi connectivity index (χ0) is 14.9. The topological polar surface area (TPSA) is 49.0 Å². The largest absolute Gasteiger partial charge is 0.454 e. The zero-order valence-corrected chi connectivity index (χ0v) is 12.4. The molecule has 5 nitrogen and oxygen atoms in total. The summed E-state index contributed by atoms with van der Waals surface area (Å²) in [4.78, 5) is 0.663. The molecule has 2 aromatic rings. The molecule has 0 spiro atoms. The summed E-state index contributed by atoms with van der Waals surface area (Å²) in [6.07, 6.45) is 0. The second-order valence-electron chi connectivity index (χ2n) is 4.94. The van der Waals surface area contributed by atoms with E-state index in [0.717, 1.165) is 34.1 Å². The molecule has 2 heterocycles. The summed E-state index contributed by atoms with van der Waals surface area (Å²) in [5.41, 5.74) is 1.98. The molecular weight excluding hydrogens is 302 g/mol. The number of nitrogens with one attached hydrogen (secondary N) is 1. The Morgan fingerprint density at radius 2 is 1.50 bits per heavy atom. The summed E-state index contributed by atoms with van der Waals surface area (Å²) in [5.74, 6) is 3.03. The Kier molecular flexibility index (Phi) is 3.23. The van der Waals surface area contributed by atoms with Crippen LogP contribution in [0.2, 0.25) is 0 Å². The molecule has 2 aliphatic rings. The summed E-state index contributed by atoms with van der Waals surface area (Å²) in [6.45, 7) is 1.15. The Morgan fingerprint density at radius 3 is 2.27 bits per heavy atom. The van der Waals surface area contributed by atoms with Gasteiger partial charge in [-0.05, 0) is 35.9 Å². The fraction of sp³-hybridized carbons (Fsp3) is 0.188. The van der Waals surface area contributed by atoms with Crippen LogP contribution in [0.1, 0.15) is 11.1 Å². The molecule has 0 radical (unpaired) electrons. The van der Waals surface area contributed by atoms with E-state index in [4.69, 9.17) is 31.2 Å². The third-order valence-electron chi connectivity index (χ3n) is 3.52. The van der Waals surface area contributed by atoms with Gasteiger partial charge in [-0.25, -0.2) is 0 Å². The Labute approximate surface area is 132 Å². The van der Waals surface area contributed by atoms with Gasteiger partial charge in [0.25, 0.3) is 0 Å². The zero-order valence-electron chi connectivity index (χ0n) is 11.6. The summed E-state index contributed by atoms with van der Waals surface area (Å²) in [6, 6.07) is 11.5. The number of benzene rings is 2. The first-order chi connectivity index (χ1) is 10.8. The van der Waals surface area contributed by atoms with E-state index in [1.165, 1.54) is 0 Å². The lowest BCUT2D eigenvalue weighted by Gasteiger charge is -2.09. The van der Waals surface area contributed by atoms with Crippen molar-refractivity contribution in [2.75, 3.05) is 13.6 Å². The molecule has 6 heteroatoms. The van der Waals surface area contributed by atoms with E-state index in [0.29, 0.717) is 11.5 Å². The van der Waals surface area contributed by atoms with Crippen molar-refractivity contribution >= 4 is 17.2 Å². The number of hydrogen-bond acceptors (Lipinski definition) is 5. The van der Waals surface area contributed by atoms with Crippen LogP contribution in [-0.2, 0) is 6.54 Å². The lowest BCUT2D eigenvalue weighted by atomic mass is 10.1. The molecule has 2 aromatic carbocycles. The average Bonchev–Trinajstić information content (AvgIpc) is 3.19. The number of thiocarbonyl (C=S) groups is 1. The van der Waals surface area contributed by atoms with Crippen molar-refractivity contribution in [3.8, 4) is 23.0 Å². The minimum Gasteiger partial charge on any atom is -0.454 e. The Hall–Kier alpha value is -2.47. The van der Waals surface area contributed by atoms with Gasteiger partial charge in [-0.3, -0.25) is 0 Å². The molecule has 0 saturated carbocycles. The molecule has 0 fully saturated rings. The summed E-state index contributed by atoms with van der Waals surface area (Å²) >= 11 is 5.43. The molecule has 0 amide bonds. The minimum absolute atomic E-state index is 0.260. The van der Waals surface area contributed by atoms with Gasteiger partial charge in [0, 0.05) is 12.1 Å². The first-order valence-corrected chi connectivity index (χ1v) is 7.27. The van der Waals surface area contributed by atoms with Crippen LogP contribution in [0.5, 0.6) is 23.0 Å². The van der Waals surface area contributed by atoms with Gasteiger partial charge in [-0.2, -0.15) is 0 Å². The third-order valence-corrected chi connectivity index (χ3v) is 3.90. The van der Waals surface area contributed by atoms with Crippen LogP contribution in [0.3, 0.4) is 0 Å². The van der Waals surface area contributed by atoms with Gasteiger partial charge in [-0.15, -0.1) is 0 Å². The molecular formula is C16H13NO4S. The quantitative estimate of drug-likeness (QED) is 0.879. The van der Waals surface area contributed by atoms with Gasteiger partial charge in [-0.1, -0.05) is 18.3 Å². The number of ether oxygens (including phenoxy) is 4. The molecule has 112 valence electrons. The van der Waals surface area contributed by atoms with Crippen LogP contribution in [0.25, 0.3) is 0 Å².